The first-order chi connectivity index (χ1) is 8.16. The van der Waals surface area contributed by atoms with Gasteiger partial charge in [0.15, 0.2) is 0 Å². The summed E-state index contributed by atoms with van der Waals surface area (Å²) in [6, 6.07) is 9.90. The summed E-state index contributed by atoms with van der Waals surface area (Å²) < 4.78 is 26.2. The van der Waals surface area contributed by atoms with Crippen LogP contribution < -0.4 is 5.32 Å². The molecule has 0 heterocycles. The maximum Gasteiger partial charge on any atom is 0.146 e. The maximum absolute atomic E-state index is 13.3. The molecule has 0 saturated carbocycles. The number of para-hydroxylation sites is 1. The van der Waals surface area contributed by atoms with Gasteiger partial charge in [-0.1, -0.05) is 18.2 Å². The largest absolute Gasteiger partial charge is 0.508 e. The topological polar surface area (TPSA) is 32.3 Å². The highest BCUT2D eigenvalue weighted by Gasteiger charge is 2.04. The number of benzene rings is 2. The quantitative estimate of drug-likeness (QED) is 0.855. The van der Waals surface area contributed by atoms with Gasteiger partial charge < -0.3 is 10.4 Å². The molecule has 0 bridgehead atoms. The number of hydrogen-bond acceptors (Lipinski definition) is 2. The summed E-state index contributed by atoms with van der Waals surface area (Å²) in [5.74, 6) is -0.912. The van der Waals surface area contributed by atoms with Gasteiger partial charge >= 0.3 is 0 Å². The van der Waals surface area contributed by atoms with Crippen molar-refractivity contribution in [2.24, 2.45) is 0 Å². The average Bonchev–Trinajstić information content (AvgIpc) is 2.32. The minimum Gasteiger partial charge on any atom is -0.508 e. The second-order valence-corrected chi connectivity index (χ2v) is 3.61. The van der Waals surface area contributed by atoms with Crippen LogP contribution in [0.2, 0.25) is 0 Å². The van der Waals surface area contributed by atoms with Crippen LogP contribution in [-0.4, -0.2) is 5.11 Å². The van der Waals surface area contributed by atoms with E-state index >= 15 is 0 Å². The Labute approximate surface area is 97.5 Å². The van der Waals surface area contributed by atoms with Crippen LogP contribution >= 0.6 is 0 Å². The highest BCUT2D eigenvalue weighted by Crippen LogP contribution is 2.20. The number of anilines is 1. The van der Waals surface area contributed by atoms with Crippen molar-refractivity contribution >= 4 is 5.69 Å². The molecule has 0 aliphatic carbocycles. The van der Waals surface area contributed by atoms with E-state index in [0.29, 0.717) is 5.56 Å². The minimum absolute atomic E-state index is 0.0771. The lowest BCUT2D eigenvalue weighted by molar-refractivity contribution is 0.469. The Balaban J connectivity index is 2.12. The van der Waals surface area contributed by atoms with Crippen molar-refractivity contribution in [2.75, 3.05) is 5.32 Å². The molecule has 0 saturated heterocycles. The zero-order chi connectivity index (χ0) is 12.3. The van der Waals surface area contributed by atoms with Crippen molar-refractivity contribution in [3.63, 3.8) is 0 Å². The first-order valence-corrected chi connectivity index (χ1v) is 5.12. The first-order valence-electron chi connectivity index (χ1n) is 5.12. The fraction of sp³-hybridized carbons (Fsp3) is 0.0769. The highest BCUT2D eigenvalue weighted by atomic mass is 19.1. The summed E-state index contributed by atoms with van der Waals surface area (Å²) in [4.78, 5) is 0. The summed E-state index contributed by atoms with van der Waals surface area (Å²) in [5.41, 5.74) is 0.699. The smallest absolute Gasteiger partial charge is 0.146 e. The van der Waals surface area contributed by atoms with E-state index in [0.717, 1.165) is 18.2 Å². The molecule has 2 aromatic rings. The molecule has 2 nitrogen and oxygen atoms in total. The van der Waals surface area contributed by atoms with Crippen LogP contribution in [0.3, 0.4) is 0 Å². The summed E-state index contributed by atoms with van der Waals surface area (Å²) in [6.07, 6.45) is 0. The second-order valence-electron chi connectivity index (χ2n) is 3.61. The van der Waals surface area contributed by atoms with E-state index in [4.69, 9.17) is 0 Å². The highest BCUT2D eigenvalue weighted by molar-refractivity contribution is 5.46. The molecule has 2 aromatic carbocycles. The van der Waals surface area contributed by atoms with E-state index in [2.05, 4.69) is 5.32 Å². The number of rotatable bonds is 3. The third-order valence-corrected chi connectivity index (χ3v) is 2.39. The molecular formula is C13H11F2NO. The molecule has 0 aromatic heterocycles. The first kappa shape index (κ1) is 11.4. The van der Waals surface area contributed by atoms with Gasteiger partial charge in [-0.05, 0) is 24.3 Å². The van der Waals surface area contributed by atoms with Crippen molar-refractivity contribution in [3.8, 4) is 5.75 Å². The molecule has 0 atom stereocenters. The van der Waals surface area contributed by atoms with Crippen molar-refractivity contribution in [3.05, 3.63) is 59.7 Å². The fourth-order valence-corrected chi connectivity index (χ4v) is 1.48. The number of hydrogen-bond donors (Lipinski definition) is 2. The van der Waals surface area contributed by atoms with Crippen molar-refractivity contribution in [2.45, 2.75) is 6.54 Å². The monoisotopic (exact) mass is 235 g/mol. The molecule has 0 unspecified atom stereocenters. The molecule has 88 valence electrons. The van der Waals surface area contributed by atoms with Crippen LogP contribution in [0.4, 0.5) is 14.5 Å². The summed E-state index contributed by atoms with van der Waals surface area (Å²) >= 11 is 0. The predicted octanol–water partition coefficient (Wildman–Crippen LogP) is 3.28. The molecule has 2 rings (SSSR count). The van der Waals surface area contributed by atoms with E-state index in [1.807, 2.05) is 0 Å². The molecule has 0 fully saturated rings. The lowest BCUT2D eigenvalue weighted by Crippen LogP contribution is -2.02. The molecule has 2 N–H and O–H groups in total. The van der Waals surface area contributed by atoms with Crippen LogP contribution in [0.15, 0.2) is 42.5 Å². The predicted molar refractivity (Wildman–Crippen MR) is 61.8 cm³/mol. The normalized spacial score (nSPS) is 10.2. The Morgan fingerprint density at radius 3 is 2.59 bits per heavy atom. The van der Waals surface area contributed by atoms with Gasteiger partial charge in [-0.3, -0.25) is 0 Å². The number of phenolic OH excluding ortho intramolecular Hbond substituents is 1. The Bertz CT molecular complexity index is 529. The van der Waals surface area contributed by atoms with E-state index in [1.165, 1.54) is 0 Å². The van der Waals surface area contributed by atoms with Crippen LogP contribution in [0.1, 0.15) is 5.56 Å². The van der Waals surface area contributed by atoms with Crippen LogP contribution in [0, 0.1) is 11.6 Å². The zero-order valence-electron chi connectivity index (χ0n) is 8.95. The SMILES string of the molecule is Oc1ccccc1CNc1cc(F)ccc1F. The van der Waals surface area contributed by atoms with Crippen LogP contribution in [0.5, 0.6) is 5.75 Å². The standard InChI is InChI=1S/C13H11F2NO/c14-10-5-6-11(15)12(7-10)16-8-9-3-1-2-4-13(9)17/h1-7,16-17H,8H2. The lowest BCUT2D eigenvalue weighted by atomic mass is 10.2. The van der Waals surface area contributed by atoms with Crippen molar-refractivity contribution in [1.29, 1.82) is 0 Å². The number of halogens is 2. The molecule has 0 amide bonds. The fourth-order valence-electron chi connectivity index (χ4n) is 1.48. The molecule has 0 aliphatic rings. The van der Waals surface area contributed by atoms with Crippen molar-refractivity contribution < 1.29 is 13.9 Å². The zero-order valence-corrected chi connectivity index (χ0v) is 8.95. The average molecular weight is 235 g/mol. The lowest BCUT2D eigenvalue weighted by Gasteiger charge is -2.08. The summed E-state index contributed by atoms with van der Waals surface area (Å²) in [5, 5.41) is 12.2. The Morgan fingerprint density at radius 1 is 1.06 bits per heavy atom. The van der Waals surface area contributed by atoms with Gasteiger partial charge in [0, 0.05) is 12.1 Å². The van der Waals surface area contributed by atoms with Gasteiger partial charge in [0.05, 0.1) is 5.69 Å². The van der Waals surface area contributed by atoms with Gasteiger partial charge in [0.25, 0.3) is 0 Å². The third kappa shape index (κ3) is 2.72. The summed E-state index contributed by atoms with van der Waals surface area (Å²) in [7, 11) is 0. The van der Waals surface area contributed by atoms with E-state index in [1.54, 1.807) is 24.3 Å². The van der Waals surface area contributed by atoms with E-state index in [9.17, 15) is 13.9 Å². The Morgan fingerprint density at radius 2 is 1.82 bits per heavy atom. The molecule has 0 aliphatic heterocycles. The van der Waals surface area contributed by atoms with Gasteiger partial charge in [0.2, 0.25) is 0 Å². The van der Waals surface area contributed by atoms with E-state index in [-0.39, 0.29) is 18.0 Å². The molecule has 17 heavy (non-hydrogen) atoms. The number of aromatic hydroxyl groups is 1. The Kier molecular flexibility index (Phi) is 3.23. The summed E-state index contributed by atoms with van der Waals surface area (Å²) in [6.45, 7) is 0.229. The minimum atomic E-state index is -0.526. The molecule has 4 heteroatoms. The van der Waals surface area contributed by atoms with Gasteiger partial charge in [-0.25, -0.2) is 8.78 Å². The molecule has 0 radical (unpaired) electrons. The van der Waals surface area contributed by atoms with Gasteiger partial charge in [-0.15, -0.1) is 0 Å². The Hall–Kier alpha value is -2.10. The van der Waals surface area contributed by atoms with Crippen LogP contribution in [0.25, 0.3) is 0 Å². The van der Waals surface area contributed by atoms with E-state index < -0.39 is 11.6 Å². The molecule has 0 spiro atoms. The number of phenols is 1. The van der Waals surface area contributed by atoms with Crippen LogP contribution in [-0.2, 0) is 6.54 Å². The van der Waals surface area contributed by atoms with Gasteiger partial charge in [0.1, 0.15) is 17.4 Å². The van der Waals surface area contributed by atoms with Gasteiger partial charge in [-0.2, -0.15) is 0 Å². The maximum atomic E-state index is 13.3. The third-order valence-electron chi connectivity index (χ3n) is 2.39. The van der Waals surface area contributed by atoms with Crippen molar-refractivity contribution in [1.82, 2.24) is 0 Å². The molecular weight excluding hydrogens is 224 g/mol. The number of nitrogens with one attached hydrogen (secondary N) is 1. The second kappa shape index (κ2) is 4.82.